The molecular formula is C75H132O6. The Labute approximate surface area is 503 Å². The largest absolute Gasteiger partial charge is 0.462 e. The molecule has 0 aliphatic rings. The van der Waals surface area contributed by atoms with Crippen LogP contribution in [0.5, 0.6) is 0 Å². The smallest absolute Gasteiger partial charge is 0.306 e. The number of hydrogen-bond donors (Lipinski definition) is 0. The van der Waals surface area contributed by atoms with E-state index in [-0.39, 0.29) is 37.5 Å². The molecule has 0 saturated heterocycles. The Kier molecular flexibility index (Phi) is 66.2. The maximum Gasteiger partial charge on any atom is 0.306 e. The molecule has 0 aromatic rings. The third kappa shape index (κ3) is 67.3. The molecule has 0 amide bonds. The molecule has 0 aromatic heterocycles. The van der Waals surface area contributed by atoms with E-state index in [4.69, 9.17) is 14.2 Å². The normalized spacial score (nSPS) is 12.6. The van der Waals surface area contributed by atoms with E-state index < -0.39 is 6.10 Å². The van der Waals surface area contributed by atoms with E-state index in [0.717, 1.165) is 109 Å². The number of unbranched alkanes of at least 4 members (excludes halogenated alkanes) is 39. The van der Waals surface area contributed by atoms with Gasteiger partial charge in [-0.25, -0.2) is 0 Å². The molecule has 0 N–H and O–H groups in total. The fraction of sp³-hybridized carbons (Fsp3) is 0.773. The van der Waals surface area contributed by atoms with Gasteiger partial charge in [-0.15, -0.1) is 0 Å². The average Bonchev–Trinajstić information content (AvgIpc) is 3.47. The van der Waals surface area contributed by atoms with E-state index >= 15 is 0 Å². The van der Waals surface area contributed by atoms with Crippen molar-refractivity contribution in [2.75, 3.05) is 13.2 Å². The van der Waals surface area contributed by atoms with Crippen LogP contribution in [-0.4, -0.2) is 37.2 Å². The van der Waals surface area contributed by atoms with Gasteiger partial charge in [0.2, 0.25) is 0 Å². The zero-order valence-electron chi connectivity index (χ0n) is 53.8. The minimum Gasteiger partial charge on any atom is -0.462 e. The summed E-state index contributed by atoms with van der Waals surface area (Å²) in [5.74, 6) is -0.917. The monoisotopic (exact) mass is 1130 g/mol. The number of ether oxygens (including phenoxy) is 3. The van der Waals surface area contributed by atoms with E-state index in [1.165, 1.54) is 205 Å². The molecule has 0 bridgehead atoms. The highest BCUT2D eigenvalue weighted by molar-refractivity contribution is 5.71. The van der Waals surface area contributed by atoms with E-state index in [0.29, 0.717) is 12.8 Å². The first-order valence-electron chi connectivity index (χ1n) is 35.1. The summed E-state index contributed by atoms with van der Waals surface area (Å²) in [6.45, 7) is 6.48. The van der Waals surface area contributed by atoms with Crippen LogP contribution in [0.4, 0.5) is 0 Å². The SMILES string of the molecule is CC/C=C\C/C=C\C/C=C\C/C=C\C/C=C\C/C=C\C/C=C\CCCCCC(=O)OC(COC(=O)CCCCCCCC)COC(=O)CCCCCCCCCCCCCCCCCCCCCCCCCCCCCCCCCC. The maximum atomic E-state index is 12.9. The van der Waals surface area contributed by atoms with Crippen molar-refractivity contribution in [1.29, 1.82) is 0 Å². The van der Waals surface area contributed by atoms with Gasteiger partial charge in [0.05, 0.1) is 0 Å². The lowest BCUT2D eigenvalue weighted by atomic mass is 10.0. The summed E-state index contributed by atoms with van der Waals surface area (Å²) in [6.07, 6.45) is 92.4. The zero-order chi connectivity index (χ0) is 58.5. The summed E-state index contributed by atoms with van der Waals surface area (Å²) in [5.41, 5.74) is 0. The van der Waals surface area contributed by atoms with Crippen LogP contribution in [0.15, 0.2) is 85.1 Å². The van der Waals surface area contributed by atoms with Gasteiger partial charge in [-0.05, 0) is 77.0 Å². The second-order valence-electron chi connectivity index (χ2n) is 23.4. The first-order valence-corrected chi connectivity index (χ1v) is 35.1. The van der Waals surface area contributed by atoms with Crippen LogP contribution < -0.4 is 0 Å². The van der Waals surface area contributed by atoms with Crippen LogP contribution in [-0.2, 0) is 28.6 Å². The topological polar surface area (TPSA) is 78.9 Å². The van der Waals surface area contributed by atoms with Crippen molar-refractivity contribution in [3.8, 4) is 0 Å². The van der Waals surface area contributed by atoms with Crippen LogP contribution in [0.3, 0.4) is 0 Å². The van der Waals surface area contributed by atoms with Gasteiger partial charge < -0.3 is 14.2 Å². The average molecular weight is 1130 g/mol. The highest BCUT2D eigenvalue weighted by Gasteiger charge is 2.19. The molecule has 1 unspecified atom stereocenters. The van der Waals surface area contributed by atoms with Crippen LogP contribution in [0.2, 0.25) is 0 Å². The minimum absolute atomic E-state index is 0.0872. The number of allylic oxidation sites excluding steroid dienone is 14. The summed E-state index contributed by atoms with van der Waals surface area (Å²) in [6, 6.07) is 0. The minimum atomic E-state index is -0.792. The molecule has 0 aromatic carbocycles. The molecule has 0 aliphatic carbocycles. The maximum absolute atomic E-state index is 12.9. The molecule has 468 valence electrons. The van der Waals surface area contributed by atoms with Crippen LogP contribution in [0, 0.1) is 0 Å². The van der Waals surface area contributed by atoms with Gasteiger partial charge in [-0.1, -0.05) is 343 Å². The molecule has 81 heavy (non-hydrogen) atoms. The van der Waals surface area contributed by atoms with E-state index in [9.17, 15) is 14.4 Å². The fourth-order valence-electron chi connectivity index (χ4n) is 10.2. The second kappa shape index (κ2) is 69.1. The first-order chi connectivity index (χ1) is 40.0. The Morgan fingerprint density at radius 3 is 0.753 bits per heavy atom. The highest BCUT2D eigenvalue weighted by atomic mass is 16.6. The second-order valence-corrected chi connectivity index (χ2v) is 23.4. The van der Waals surface area contributed by atoms with Crippen molar-refractivity contribution in [2.24, 2.45) is 0 Å². The lowest BCUT2D eigenvalue weighted by Crippen LogP contribution is -2.30. The zero-order valence-corrected chi connectivity index (χ0v) is 53.8. The molecule has 0 rings (SSSR count). The lowest BCUT2D eigenvalue weighted by Gasteiger charge is -2.18. The number of carbonyl (C=O) groups excluding carboxylic acids is 3. The van der Waals surface area contributed by atoms with Crippen molar-refractivity contribution >= 4 is 17.9 Å². The number of hydrogen-bond acceptors (Lipinski definition) is 6. The van der Waals surface area contributed by atoms with Gasteiger partial charge in [-0.3, -0.25) is 14.4 Å². The van der Waals surface area contributed by atoms with E-state index in [1.807, 2.05) is 0 Å². The Hall–Kier alpha value is -3.41. The first kappa shape index (κ1) is 77.6. The third-order valence-corrected chi connectivity index (χ3v) is 15.4. The van der Waals surface area contributed by atoms with Crippen molar-refractivity contribution in [1.82, 2.24) is 0 Å². The molecule has 0 fully saturated rings. The number of rotatable bonds is 64. The van der Waals surface area contributed by atoms with Crippen molar-refractivity contribution in [2.45, 2.75) is 361 Å². The Balaban J connectivity index is 4.04. The summed E-state index contributed by atoms with van der Waals surface area (Å²) in [7, 11) is 0. The summed E-state index contributed by atoms with van der Waals surface area (Å²) >= 11 is 0. The summed E-state index contributed by atoms with van der Waals surface area (Å²) in [4.78, 5) is 38.1. The molecule has 0 saturated carbocycles. The molecule has 0 aliphatic heterocycles. The van der Waals surface area contributed by atoms with Gasteiger partial charge in [0, 0.05) is 19.3 Å². The number of carbonyl (C=O) groups is 3. The van der Waals surface area contributed by atoms with Gasteiger partial charge in [0.15, 0.2) is 6.10 Å². The predicted molar refractivity (Wildman–Crippen MR) is 353 cm³/mol. The van der Waals surface area contributed by atoms with Crippen molar-refractivity contribution < 1.29 is 28.6 Å². The lowest BCUT2D eigenvalue weighted by molar-refractivity contribution is -0.167. The van der Waals surface area contributed by atoms with E-state index in [2.05, 4.69) is 106 Å². The Morgan fingerprint density at radius 2 is 0.481 bits per heavy atom. The standard InChI is InChI=1S/C75H132O6/c1-4-7-10-13-16-18-20-22-24-26-28-30-32-34-35-36-37-38-39-40-42-43-45-47-49-51-53-55-57-59-62-65-68-74(77)80-71-72(70-79-73(76)67-64-61-15-12-9-6-3)81-75(78)69-66-63-60-58-56-54-52-50-48-46-44-41-33-31-29-27-25-23-21-19-17-14-11-8-5-2/h8,11,17,19,23,25,29,31,41,44,48,50,54,56,72H,4-7,9-10,12-16,18,20-22,24,26-28,30,32-40,42-43,45-47,49,51-53,55,57-71H2,1-3H3/b11-8-,19-17-,25-23-,31-29-,44-41-,50-48-,56-54-. The molecule has 6 nitrogen and oxygen atoms in total. The summed E-state index contributed by atoms with van der Waals surface area (Å²) in [5, 5.41) is 0. The molecule has 1 atom stereocenters. The van der Waals surface area contributed by atoms with Crippen LogP contribution >= 0.6 is 0 Å². The quantitative estimate of drug-likeness (QED) is 0.0261. The fourth-order valence-corrected chi connectivity index (χ4v) is 10.2. The van der Waals surface area contributed by atoms with E-state index in [1.54, 1.807) is 0 Å². The van der Waals surface area contributed by atoms with Crippen molar-refractivity contribution in [3.05, 3.63) is 85.1 Å². The third-order valence-electron chi connectivity index (χ3n) is 15.4. The Morgan fingerprint density at radius 1 is 0.259 bits per heavy atom. The molecule has 0 heterocycles. The van der Waals surface area contributed by atoms with Crippen molar-refractivity contribution in [3.63, 3.8) is 0 Å². The highest BCUT2D eigenvalue weighted by Crippen LogP contribution is 2.18. The molecular weight excluding hydrogens is 997 g/mol. The summed E-state index contributed by atoms with van der Waals surface area (Å²) < 4.78 is 16.8. The van der Waals surface area contributed by atoms with Gasteiger partial charge in [-0.2, -0.15) is 0 Å². The molecule has 0 radical (unpaired) electrons. The molecule has 6 heteroatoms. The Bertz CT molecular complexity index is 1530. The predicted octanol–water partition coefficient (Wildman–Crippen LogP) is 24.2. The van der Waals surface area contributed by atoms with Gasteiger partial charge in [0.1, 0.15) is 13.2 Å². The van der Waals surface area contributed by atoms with Gasteiger partial charge >= 0.3 is 17.9 Å². The van der Waals surface area contributed by atoms with Crippen LogP contribution in [0.1, 0.15) is 355 Å². The van der Waals surface area contributed by atoms with Gasteiger partial charge in [0.25, 0.3) is 0 Å². The molecule has 0 spiro atoms. The van der Waals surface area contributed by atoms with Crippen LogP contribution in [0.25, 0.3) is 0 Å². The number of esters is 3.